The highest BCUT2D eigenvalue weighted by molar-refractivity contribution is 7.22. The molecule has 78 heavy (non-hydrogen) atoms. The summed E-state index contributed by atoms with van der Waals surface area (Å²) in [6.45, 7) is 17.2. The Bertz CT molecular complexity index is 2980. The Balaban J connectivity index is 0.934. The van der Waals surface area contributed by atoms with Crippen molar-refractivity contribution in [3.63, 3.8) is 0 Å². The molecule has 8 N–H and O–H groups in total. The van der Waals surface area contributed by atoms with E-state index < -0.39 is 23.5 Å². The van der Waals surface area contributed by atoms with Gasteiger partial charge in [-0.3, -0.25) is 34.7 Å². The number of hydrogen-bond acceptors (Lipinski definition) is 15. The number of hydrogen-bond donors (Lipinski definition) is 7. The molecular weight excluding hydrogens is 1010 g/mol. The summed E-state index contributed by atoms with van der Waals surface area (Å²) in [7, 11) is 5.32. The highest BCUT2D eigenvalue weighted by Crippen LogP contribution is 2.33. The van der Waals surface area contributed by atoms with Crippen molar-refractivity contribution in [2.24, 2.45) is 11.7 Å². The Kier molecular flexibility index (Phi) is 22.7. The molecule has 0 fully saturated rings. The molecule has 0 radical (unpaired) electrons. The number of allylic oxidation sites excluding steroid dienone is 1. The summed E-state index contributed by atoms with van der Waals surface area (Å²) in [6, 6.07) is 23.6. The van der Waals surface area contributed by atoms with Crippen LogP contribution in [0.3, 0.4) is 0 Å². The Morgan fingerprint density at radius 3 is 2.45 bits per heavy atom. The van der Waals surface area contributed by atoms with Crippen LogP contribution in [-0.4, -0.2) is 126 Å². The molecule has 0 spiro atoms. The zero-order chi connectivity index (χ0) is 56.2. The molecule has 6 rings (SSSR count). The molecule has 0 aliphatic heterocycles. The SMILES string of the molecule is C=C(CC(C)CC(C)(N)CCOCCN(C)CCOCc1ccc(NC(=O)[C@H](CCCNC)NC=O)cc1)Cn1ncc(-c2ccc(-c3ccc(C)c(/C(=C\NOC)C(=O)Nc4nc5ccccc5s4)c3)nc2C(=O)O)c1C. The van der Waals surface area contributed by atoms with E-state index in [2.05, 4.69) is 67.1 Å². The maximum Gasteiger partial charge on any atom is 0.355 e. The van der Waals surface area contributed by atoms with E-state index in [1.165, 1.54) is 24.6 Å². The van der Waals surface area contributed by atoms with Crippen molar-refractivity contribution < 1.29 is 38.6 Å². The van der Waals surface area contributed by atoms with Gasteiger partial charge in [-0.2, -0.15) is 5.10 Å². The number of carboxylic acids is 1. The fourth-order valence-corrected chi connectivity index (χ4v) is 9.93. The smallest absolute Gasteiger partial charge is 0.355 e. The summed E-state index contributed by atoms with van der Waals surface area (Å²) in [5, 5.41) is 27.0. The van der Waals surface area contributed by atoms with Crippen molar-refractivity contribution in [3.8, 4) is 22.4 Å². The average Bonchev–Trinajstić information content (AvgIpc) is 4.07. The number of nitrogens with two attached hydrogens (primary N) is 1. The fourth-order valence-electron chi connectivity index (χ4n) is 9.07. The fraction of sp³-hybridized carbons (Fsp3) is 0.397. The van der Waals surface area contributed by atoms with Crippen LogP contribution in [0.1, 0.15) is 78.8 Å². The number of aromatic nitrogens is 4. The van der Waals surface area contributed by atoms with Crippen LogP contribution in [0, 0.1) is 19.8 Å². The minimum absolute atomic E-state index is 0.128. The van der Waals surface area contributed by atoms with Gasteiger partial charge in [0.2, 0.25) is 12.3 Å². The van der Waals surface area contributed by atoms with Crippen molar-refractivity contribution in [2.75, 3.05) is 71.3 Å². The highest BCUT2D eigenvalue weighted by atomic mass is 32.1. The number of carbonyl (C=O) groups excluding carboxylic acids is 3. The van der Waals surface area contributed by atoms with E-state index in [0.717, 1.165) is 71.5 Å². The lowest BCUT2D eigenvalue weighted by Gasteiger charge is -2.28. The average molecular weight is 1090 g/mol. The second-order valence-corrected chi connectivity index (χ2v) is 21.0. The monoisotopic (exact) mass is 1090 g/mol. The largest absolute Gasteiger partial charge is 0.476 e. The Hall–Kier alpha value is -7.17. The molecule has 3 atom stereocenters. The van der Waals surface area contributed by atoms with E-state index in [1.54, 1.807) is 24.4 Å². The molecule has 0 saturated heterocycles. The quantitative estimate of drug-likeness (QED) is 0.00679. The number of pyridine rings is 1. The number of rotatable bonds is 33. The van der Waals surface area contributed by atoms with Gasteiger partial charge in [-0.1, -0.05) is 66.8 Å². The molecule has 3 aromatic carbocycles. The third kappa shape index (κ3) is 17.7. The van der Waals surface area contributed by atoms with Gasteiger partial charge in [-0.15, -0.1) is 0 Å². The van der Waals surface area contributed by atoms with Crippen LogP contribution in [0.25, 0.3) is 38.2 Å². The number of likely N-dealkylation sites (N-methyl/N-ethyl adjacent to an activating group) is 1. The number of amides is 3. The van der Waals surface area contributed by atoms with Gasteiger partial charge >= 0.3 is 5.97 Å². The number of nitrogens with one attached hydrogen (secondary N) is 5. The lowest BCUT2D eigenvalue weighted by atomic mass is 9.85. The van der Waals surface area contributed by atoms with Crippen LogP contribution >= 0.6 is 11.3 Å². The summed E-state index contributed by atoms with van der Waals surface area (Å²) in [6.07, 6.45) is 7.19. The van der Waals surface area contributed by atoms with Gasteiger partial charge in [0.25, 0.3) is 5.91 Å². The molecule has 3 aromatic heterocycles. The zero-order valence-corrected chi connectivity index (χ0v) is 46.6. The first-order chi connectivity index (χ1) is 37.5. The number of carbonyl (C=O) groups is 4. The standard InChI is InChI=1S/C58H75N11O8S/c1-38(32-58(5,59)23-27-76-28-25-68(7)26-29-77-36-42-16-19-44(20-17-42)64-55(72)51(61-37-70)13-11-24-60-6)30-39(2)35-69-41(4)47(33-62-69)45-21-22-49(65-53(45)56(73)74)43-18-15-40(3)46(31-43)48(34-63-75-8)54(71)67-57-66-50-12-9-10-14-52(50)78-57/h9-10,12,14-22,31,33-34,37-38,51,60,63H,2,11,13,23-30,32,35-36,59H2,1,3-8H3,(H,61,70)(H,64,72)(H,73,74)(H,66,67,71)/b48-34+/t38?,51-,58?/m0/s1. The van der Waals surface area contributed by atoms with Crippen molar-refractivity contribution >= 4 is 62.1 Å². The number of thiazole rings is 1. The lowest BCUT2D eigenvalue weighted by Crippen LogP contribution is -2.40. The maximum absolute atomic E-state index is 13.8. The minimum atomic E-state index is -1.19. The number of aromatic carboxylic acids is 1. The third-order valence-electron chi connectivity index (χ3n) is 13.3. The van der Waals surface area contributed by atoms with Gasteiger partial charge in [-0.05, 0) is 139 Å². The Morgan fingerprint density at radius 2 is 1.73 bits per heavy atom. The number of ether oxygens (including phenoxy) is 2. The third-order valence-corrected chi connectivity index (χ3v) is 14.2. The lowest BCUT2D eigenvalue weighted by molar-refractivity contribution is -0.121. The molecule has 2 unspecified atom stereocenters. The summed E-state index contributed by atoms with van der Waals surface area (Å²) in [4.78, 5) is 66.7. The minimum Gasteiger partial charge on any atom is -0.476 e. The number of anilines is 2. The van der Waals surface area contributed by atoms with E-state index in [4.69, 9.17) is 20.0 Å². The van der Waals surface area contributed by atoms with Crippen LogP contribution in [0.15, 0.2) is 103 Å². The molecule has 0 saturated carbocycles. The topological polar surface area (TPSA) is 249 Å². The molecule has 416 valence electrons. The van der Waals surface area contributed by atoms with Gasteiger partial charge in [0.1, 0.15) is 6.04 Å². The Labute approximate surface area is 461 Å². The first-order valence-corrected chi connectivity index (χ1v) is 26.9. The van der Waals surface area contributed by atoms with E-state index in [9.17, 15) is 24.3 Å². The highest BCUT2D eigenvalue weighted by Gasteiger charge is 2.25. The second-order valence-electron chi connectivity index (χ2n) is 20.0. The summed E-state index contributed by atoms with van der Waals surface area (Å²) >= 11 is 1.37. The van der Waals surface area contributed by atoms with Crippen molar-refractivity contribution in [2.45, 2.75) is 84.5 Å². The number of hydroxylamine groups is 1. The number of benzene rings is 3. The van der Waals surface area contributed by atoms with Gasteiger partial charge in [0.15, 0.2) is 10.8 Å². The summed E-state index contributed by atoms with van der Waals surface area (Å²) in [5.41, 5.74) is 16.8. The van der Waals surface area contributed by atoms with Crippen molar-refractivity contribution in [3.05, 3.63) is 131 Å². The van der Waals surface area contributed by atoms with Gasteiger partial charge in [-0.25, -0.2) is 14.8 Å². The van der Waals surface area contributed by atoms with Crippen molar-refractivity contribution in [1.82, 2.24) is 40.8 Å². The molecule has 19 nitrogen and oxygen atoms in total. The number of fused-ring (bicyclic) bond motifs is 1. The van der Waals surface area contributed by atoms with Crippen LogP contribution in [-0.2, 0) is 41.8 Å². The molecule has 0 aliphatic carbocycles. The molecule has 20 heteroatoms. The molecule has 0 bridgehead atoms. The molecular formula is C58H75N11O8S. The van der Waals surface area contributed by atoms with Crippen LogP contribution in [0.4, 0.5) is 10.8 Å². The molecule has 3 amide bonds. The number of para-hydroxylation sites is 1. The van der Waals surface area contributed by atoms with E-state index >= 15 is 0 Å². The van der Waals surface area contributed by atoms with Crippen LogP contribution in [0.5, 0.6) is 0 Å². The van der Waals surface area contributed by atoms with Gasteiger partial charge in [0.05, 0.1) is 61.2 Å². The van der Waals surface area contributed by atoms with Crippen LogP contribution in [0.2, 0.25) is 0 Å². The Morgan fingerprint density at radius 1 is 0.974 bits per heavy atom. The van der Waals surface area contributed by atoms with Crippen molar-refractivity contribution in [1.29, 1.82) is 0 Å². The second kappa shape index (κ2) is 29.5. The normalized spacial score (nSPS) is 13.2. The maximum atomic E-state index is 13.8. The molecule has 6 aromatic rings. The zero-order valence-electron chi connectivity index (χ0n) is 45.8. The number of carboxylic acid groups (broad SMARTS) is 1. The molecule has 0 aliphatic rings. The van der Waals surface area contributed by atoms with Crippen LogP contribution < -0.4 is 32.5 Å². The van der Waals surface area contributed by atoms with Gasteiger partial charge < -0.3 is 41.2 Å². The number of nitrogens with zero attached hydrogens (tertiary/aromatic N) is 5. The number of aryl methyl sites for hydroxylation is 1. The van der Waals surface area contributed by atoms with E-state index in [0.29, 0.717) is 91.0 Å². The first-order valence-electron chi connectivity index (χ1n) is 26.1. The summed E-state index contributed by atoms with van der Waals surface area (Å²) < 4.78 is 14.7. The van der Waals surface area contributed by atoms with Gasteiger partial charge in [0, 0.05) is 59.5 Å². The van der Waals surface area contributed by atoms with E-state index in [1.807, 2.05) is 93.3 Å². The summed E-state index contributed by atoms with van der Waals surface area (Å²) in [5.74, 6) is -1.61. The predicted octanol–water partition coefficient (Wildman–Crippen LogP) is 7.97. The van der Waals surface area contributed by atoms with E-state index in [-0.39, 0.29) is 23.1 Å². The molecule has 3 heterocycles. The predicted molar refractivity (Wildman–Crippen MR) is 308 cm³/mol. The first kappa shape index (κ1) is 60.1.